The van der Waals surface area contributed by atoms with Crippen LogP contribution in [0.4, 0.5) is 0 Å². The Bertz CT molecular complexity index is 232. The number of hydrogen-bond acceptors (Lipinski definition) is 2. The van der Waals surface area contributed by atoms with Crippen LogP contribution in [0.3, 0.4) is 0 Å². The van der Waals surface area contributed by atoms with Gasteiger partial charge in [-0.1, -0.05) is 13.3 Å². The molecule has 0 radical (unpaired) electrons. The van der Waals surface area contributed by atoms with E-state index in [9.17, 15) is 0 Å². The van der Waals surface area contributed by atoms with Gasteiger partial charge in [-0.05, 0) is 57.9 Å². The third-order valence-electron chi connectivity index (χ3n) is 4.35. The van der Waals surface area contributed by atoms with Crippen LogP contribution in [0.5, 0.6) is 0 Å². The largest absolute Gasteiger partial charge is 0.312 e. The van der Waals surface area contributed by atoms with E-state index in [0.717, 1.165) is 24.3 Å². The first-order valence-electron chi connectivity index (χ1n) is 7.41. The van der Waals surface area contributed by atoms with E-state index in [-0.39, 0.29) is 5.54 Å². The summed E-state index contributed by atoms with van der Waals surface area (Å²) < 4.78 is 0. The number of nitrogens with one attached hydrogen (secondary N) is 1. The molecule has 3 unspecified atom stereocenters. The van der Waals surface area contributed by atoms with E-state index in [1.807, 2.05) is 0 Å². The molecule has 1 aliphatic carbocycles. The Kier molecular flexibility index (Phi) is 4.14. The normalized spacial score (nSPS) is 31.8. The monoisotopic (exact) mass is 238 g/mol. The van der Waals surface area contributed by atoms with E-state index in [4.69, 9.17) is 0 Å². The van der Waals surface area contributed by atoms with Gasteiger partial charge in [-0.15, -0.1) is 0 Å². The topological polar surface area (TPSA) is 15.3 Å². The third kappa shape index (κ3) is 3.96. The van der Waals surface area contributed by atoms with E-state index in [1.54, 1.807) is 0 Å². The first kappa shape index (κ1) is 13.4. The van der Waals surface area contributed by atoms with Gasteiger partial charge in [0.15, 0.2) is 0 Å². The summed E-state index contributed by atoms with van der Waals surface area (Å²) in [5, 5.41) is 3.62. The van der Waals surface area contributed by atoms with Crippen LogP contribution in [0.15, 0.2) is 0 Å². The Morgan fingerprint density at radius 2 is 1.76 bits per heavy atom. The molecular formula is C15H30N2. The van der Waals surface area contributed by atoms with Gasteiger partial charge in [0, 0.05) is 25.2 Å². The zero-order valence-electron chi connectivity index (χ0n) is 12.1. The summed E-state index contributed by atoms with van der Waals surface area (Å²) in [5.74, 6) is 2.85. The molecule has 2 rings (SSSR count). The van der Waals surface area contributed by atoms with Gasteiger partial charge < -0.3 is 10.2 Å². The Hall–Kier alpha value is -0.0800. The first-order valence-corrected chi connectivity index (χ1v) is 7.41. The molecule has 3 atom stereocenters. The molecule has 1 heterocycles. The van der Waals surface area contributed by atoms with Crippen molar-refractivity contribution < 1.29 is 0 Å². The van der Waals surface area contributed by atoms with E-state index in [1.165, 1.54) is 38.9 Å². The zero-order valence-corrected chi connectivity index (χ0v) is 12.1. The highest BCUT2D eigenvalue weighted by atomic mass is 15.2. The van der Waals surface area contributed by atoms with Gasteiger partial charge >= 0.3 is 0 Å². The maximum Gasteiger partial charge on any atom is 0.00966 e. The summed E-state index contributed by atoms with van der Waals surface area (Å²) in [5.41, 5.74) is 0.260. The molecule has 0 aromatic rings. The second-order valence-corrected chi connectivity index (χ2v) is 7.41. The maximum atomic E-state index is 3.62. The molecule has 0 aromatic carbocycles. The molecule has 0 spiro atoms. The van der Waals surface area contributed by atoms with Gasteiger partial charge in [-0.3, -0.25) is 0 Å². The van der Waals surface area contributed by atoms with Crippen molar-refractivity contribution in [2.45, 2.75) is 52.5 Å². The molecule has 0 bridgehead atoms. The van der Waals surface area contributed by atoms with Crippen LogP contribution in [-0.2, 0) is 0 Å². The molecular weight excluding hydrogens is 208 g/mol. The average Bonchev–Trinajstić information content (AvgIpc) is 2.73. The summed E-state index contributed by atoms with van der Waals surface area (Å²) in [4.78, 5) is 2.71. The van der Waals surface area contributed by atoms with Crippen LogP contribution in [0, 0.1) is 17.8 Å². The summed E-state index contributed by atoms with van der Waals surface area (Å²) in [6, 6.07) is 0. The fourth-order valence-corrected chi connectivity index (χ4v) is 3.47. The molecule has 0 aromatic heterocycles. The van der Waals surface area contributed by atoms with E-state index in [2.05, 4.69) is 37.9 Å². The predicted molar refractivity (Wildman–Crippen MR) is 74.2 cm³/mol. The quantitative estimate of drug-likeness (QED) is 0.810. The number of nitrogens with zero attached hydrogens (tertiary/aromatic N) is 1. The Morgan fingerprint density at radius 3 is 2.29 bits per heavy atom. The Morgan fingerprint density at radius 1 is 1.18 bits per heavy atom. The van der Waals surface area contributed by atoms with Crippen LogP contribution in [0.2, 0.25) is 0 Å². The van der Waals surface area contributed by atoms with Crippen LogP contribution in [0.1, 0.15) is 47.0 Å². The third-order valence-corrected chi connectivity index (χ3v) is 4.35. The smallest absolute Gasteiger partial charge is 0.00966 e. The zero-order chi connectivity index (χ0) is 12.5. The summed E-state index contributed by atoms with van der Waals surface area (Å²) >= 11 is 0. The highest BCUT2D eigenvalue weighted by Crippen LogP contribution is 2.37. The molecule has 2 heteroatoms. The standard InChI is InChI=1S/C15H30N2/c1-12(8-16-15(2,3)4)9-17-10-13-6-5-7-14(13)11-17/h12-14,16H,5-11H2,1-4H3. The molecule has 2 nitrogen and oxygen atoms in total. The van der Waals surface area contributed by atoms with Crippen LogP contribution < -0.4 is 5.32 Å². The van der Waals surface area contributed by atoms with Crippen LogP contribution in [-0.4, -0.2) is 36.6 Å². The number of hydrogen-bond donors (Lipinski definition) is 1. The minimum absolute atomic E-state index is 0.260. The molecule has 1 saturated carbocycles. The van der Waals surface area contributed by atoms with E-state index in [0.29, 0.717) is 0 Å². The van der Waals surface area contributed by atoms with Crippen molar-refractivity contribution in [2.24, 2.45) is 17.8 Å². The molecule has 17 heavy (non-hydrogen) atoms. The number of rotatable bonds is 4. The summed E-state index contributed by atoms with van der Waals surface area (Å²) in [6.45, 7) is 14.3. The van der Waals surface area contributed by atoms with Gasteiger partial charge in [0.25, 0.3) is 0 Å². The molecule has 100 valence electrons. The van der Waals surface area contributed by atoms with Crippen molar-refractivity contribution in [1.29, 1.82) is 0 Å². The van der Waals surface area contributed by atoms with Gasteiger partial charge in [0.05, 0.1) is 0 Å². The van der Waals surface area contributed by atoms with Gasteiger partial charge in [-0.2, -0.15) is 0 Å². The number of likely N-dealkylation sites (tertiary alicyclic amines) is 1. The maximum absolute atomic E-state index is 3.62. The molecule has 1 aliphatic heterocycles. The van der Waals surface area contributed by atoms with Crippen molar-refractivity contribution in [3.05, 3.63) is 0 Å². The molecule has 2 fully saturated rings. The lowest BCUT2D eigenvalue weighted by Crippen LogP contribution is -2.41. The summed E-state index contributed by atoms with van der Waals surface area (Å²) in [7, 11) is 0. The molecule has 2 aliphatic rings. The minimum atomic E-state index is 0.260. The first-order chi connectivity index (χ1) is 7.94. The molecule has 1 saturated heterocycles. The highest BCUT2D eigenvalue weighted by Gasteiger charge is 2.36. The lowest BCUT2D eigenvalue weighted by molar-refractivity contribution is 0.253. The summed E-state index contributed by atoms with van der Waals surface area (Å²) in [6.07, 6.45) is 4.48. The molecule has 1 N–H and O–H groups in total. The Balaban J connectivity index is 1.67. The SMILES string of the molecule is CC(CNC(C)(C)C)CN1CC2CCCC2C1. The van der Waals surface area contributed by atoms with Crippen LogP contribution in [0.25, 0.3) is 0 Å². The Labute approximate surface area is 107 Å². The second-order valence-electron chi connectivity index (χ2n) is 7.41. The van der Waals surface area contributed by atoms with Gasteiger partial charge in [0.1, 0.15) is 0 Å². The fraction of sp³-hybridized carbons (Fsp3) is 1.00. The minimum Gasteiger partial charge on any atom is -0.312 e. The van der Waals surface area contributed by atoms with E-state index >= 15 is 0 Å². The lowest BCUT2D eigenvalue weighted by Gasteiger charge is -2.26. The van der Waals surface area contributed by atoms with Gasteiger partial charge in [-0.25, -0.2) is 0 Å². The van der Waals surface area contributed by atoms with Crippen molar-refractivity contribution >= 4 is 0 Å². The predicted octanol–water partition coefficient (Wildman–Crippen LogP) is 2.74. The highest BCUT2D eigenvalue weighted by molar-refractivity contribution is 4.89. The van der Waals surface area contributed by atoms with Gasteiger partial charge in [0.2, 0.25) is 0 Å². The molecule has 0 amide bonds. The average molecular weight is 238 g/mol. The number of fused-ring (bicyclic) bond motifs is 1. The fourth-order valence-electron chi connectivity index (χ4n) is 3.47. The van der Waals surface area contributed by atoms with Crippen molar-refractivity contribution in [2.75, 3.05) is 26.2 Å². The lowest BCUT2D eigenvalue weighted by atomic mass is 10.0. The van der Waals surface area contributed by atoms with Crippen LogP contribution >= 0.6 is 0 Å². The second kappa shape index (κ2) is 5.27. The van der Waals surface area contributed by atoms with Crippen molar-refractivity contribution in [3.8, 4) is 0 Å². The van der Waals surface area contributed by atoms with Crippen molar-refractivity contribution in [3.63, 3.8) is 0 Å². The van der Waals surface area contributed by atoms with Crippen molar-refractivity contribution in [1.82, 2.24) is 10.2 Å². The van der Waals surface area contributed by atoms with E-state index < -0.39 is 0 Å².